The number of ether oxygens (including phenoxy) is 2. The van der Waals surface area contributed by atoms with Crippen LogP contribution in [0.3, 0.4) is 0 Å². The number of nitrogens with one attached hydrogen (secondary N) is 2. The van der Waals surface area contributed by atoms with Crippen molar-refractivity contribution in [2.24, 2.45) is 10.4 Å². The van der Waals surface area contributed by atoms with Crippen LogP contribution in [0.4, 0.5) is 5.69 Å². The van der Waals surface area contributed by atoms with E-state index in [0.717, 1.165) is 39.3 Å². The number of fused-ring (bicyclic) bond motifs is 1. The van der Waals surface area contributed by atoms with Crippen molar-refractivity contribution in [1.29, 1.82) is 0 Å². The standard InChI is InChI=1S/C27H29N5O3/c1-17-5-7-22(23-13-20(34-4)9-10-28-23)31-25(17)29-19-6-8-21-18(11-19)12-24(30-21)26(33)32(3)14-27(2)15-35-16-27/h5-13,25,29-30H,1,14-16H2,2-4H3. The Hall–Kier alpha value is -3.91. The molecular formula is C27H29N5O3. The van der Waals surface area contributed by atoms with Crippen LogP contribution in [0, 0.1) is 5.41 Å². The Labute approximate surface area is 204 Å². The topological polar surface area (TPSA) is 91.8 Å². The van der Waals surface area contributed by atoms with Gasteiger partial charge in [-0.25, -0.2) is 0 Å². The van der Waals surface area contributed by atoms with E-state index in [4.69, 9.17) is 14.5 Å². The van der Waals surface area contributed by atoms with Crippen LogP contribution in [0.25, 0.3) is 10.9 Å². The normalized spacial score (nSPS) is 18.7. The third kappa shape index (κ3) is 4.70. The summed E-state index contributed by atoms with van der Waals surface area (Å²) in [6, 6.07) is 11.5. The number of hydrogen-bond donors (Lipinski definition) is 2. The summed E-state index contributed by atoms with van der Waals surface area (Å²) in [6.07, 6.45) is 5.21. The molecule has 2 N–H and O–H groups in total. The SMILES string of the molecule is C=C1C=CC(c2cc(OC)ccn2)=NC1Nc1ccc2[nH]c(C(=O)N(C)CC3(C)COC3)cc2c1. The van der Waals surface area contributed by atoms with E-state index in [1.165, 1.54) is 0 Å². The van der Waals surface area contributed by atoms with Crippen molar-refractivity contribution in [3.05, 3.63) is 78.3 Å². The zero-order valence-electron chi connectivity index (χ0n) is 20.2. The number of H-pyrrole nitrogens is 1. The number of allylic oxidation sites excluding steroid dienone is 1. The number of benzene rings is 1. The quantitative estimate of drug-likeness (QED) is 0.543. The Morgan fingerprint density at radius 2 is 2.11 bits per heavy atom. The molecule has 1 fully saturated rings. The van der Waals surface area contributed by atoms with Gasteiger partial charge in [-0.1, -0.05) is 19.6 Å². The molecular weight excluding hydrogens is 442 g/mol. The zero-order chi connectivity index (χ0) is 24.6. The Bertz CT molecular complexity index is 1350. The van der Waals surface area contributed by atoms with Gasteiger partial charge in [0.15, 0.2) is 0 Å². The first-order valence-electron chi connectivity index (χ1n) is 11.5. The highest BCUT2D eigenvalue weighted by Crippen LogP contribution is 2.28. The summed E-state index contributed by atoms with van der Waals surface area (Å²) in [4.78, 5) is 27.2. The van der Waals surface area contributed by atoms with Crippen LogP contribution in [-0.4, -0.2) is 66.6 Å². The number of pyridine rings is 1. The van der Waals surface area contributed by atoms with Crippen LogP contribution in [0.2, 0.25) is 0 Å². The lowest BCUT2D eigenvalue weighted by atomic mass is 9.88. The first-order valence-corrected chi connectivity index (χ1v) is 11.5. The molecule has 0 saturated carbocycles. The summed E-state index contributed by atoms with van der Waals surface area (Å²) in [7, 11) is 3.46. The highest BCUT2D eigenvalue weighted by molar-refractivity contribution is 6.08. The minimum Gasteiger partial charge on any atom is -0.497 e. The number of carbonyl (C=O) groups is 1. The van der Waals surface area contributed by atoms with E-state index in [0.29, 0.717) is 25.5 Å². The molecule has 8 heteroatoms. The number of methoxy groups -OCH3 is 1. The van der Waals surface area contributed by atoms with E-state index in [1.54, 1.807) is 24.3 Å². The van der Waals surface area contributed by atoms with E-state index in [9.17, 15) is 4.79 Å². The molecule has 2 aromatic heterocycles. The number of carbonyl (C=O) groups excluding carboxylic acids is 1. The molecule has 1 aromatic carbocycles. The smallest absolute Gasteiger partial charge is 0.270 e. The lowest BCUT2D eigenvalue weighted by molar-refractivity contribution is -0.109. The maximum absolute atomic E-state index is 13.0. The summed E-state index contributed by atoms with van der Waals surface area (Å²) in [5.74, 6) is 0.693. The molecule has 0 aliphatic carbocycles. The molecule has 1 amide bonds. The van der Waals surface area contributed by atoms with E-state index >= 15 is 0 Å². The van der Waals surface area contributed by atoms with Crippen molar-refractivity contribution in [2.75, 3.05) is 39.2 Å². The molecule has 2 aliphatic heterocycles. The van der Waals surface area contributed by atoms with Crippen molar-refractivity contribution in [3.8, 4) is 5.75 Å². The fourth-order valence-electron chi connectivity index (χ4n) is 4.38. The number of nitrogens with zero attached hydrogens (tertiary/aromatic N) is 3. The van der Waals surface area contributed by atoms with Crippen LogP contribution < -0.4 is 10.1 Å². The van der Waals surface area contributed by atoms with Crippen molar-refractivity contribution < 1.29 is 14.3 Å². The first kappa shape index (κ1) is 22.9. The zero-order valence-corrected chi connectivity index (χ0v) is 20.2. The molecule has 1 unspecified atom stereocenters. The minimum atomic E-state index is -0.336. The second kappa shape index (κ2) is 9.03. The van der Waals surface area contributed by atoms with Crippen molar-refractivity contribution in [3.63, 3.8) is 0 Å². The molecule has 5 rings (SSSR count). The molecule has 0 bridgehead atoms. The number of rotatable bonds is 7. The highest BCUT2D eigenvalue weighted by Gasteiger charge is 2.35. The Morgan fingerprint density at radius 3 is 2.86 bits per heavy atom. The Morgan fingerprint density at radius 1 is 1.29 bits per heavy atom. The van der Waals surface area contributed by atoms with E-state index in [1.807, 2.05) is 49.5 Å². The van der Waals surface area contributed by atoms with Crippen LogP contribution in [-0.2, 0) is 4.74 Å². The van der Waals surface area contributed by atoms with Gasteiger partial charge in [-0.3, -0.25) is 14.8 Å². The van der Waals surface area contributed by atoms with Crippen molar-refractivity contribution >= 4 is 28.2 Å². The van der Waals surface area contributed by atoms with Gasteiger partial charge in [-0.15, -0.1) is 0 Å². The van der Waals surface area contributed by atoms with E-state index in [2.05, 4.69) is 28.8 Å². The molecule has 1 saturated heterocycles. The van der Waals surface area contributed by atoms with Gasteiger partial charge in [0.05, 0.1) is 31.7 Å². The fourth-order valence-corrected chi connectivity index (χ4v) is 4.38. The number of dihydropyridines is 1. The number of anilines is 1. The number of aliphatic imine (C=N–C) groups is 1. The van der Waals surface area contributed by atoms with Gasteiger partial charge in [0.2, 0.25) is 0 Å². The largest absolute Gasteiger partial charge is 0.497 e. The van der Waals surface area contributed by atoms with Gasteiger partial charge in [0, 0.05) is 47.9 Å². The van der Waals surface area contributed by atoms with E-state index < -0.39 is 0 Å². The maximum atomic E-state index is 13.0. The molecule has 180 valence electrons. The average Bonchev–Trinajstić information content (AvgIpc) is 3.27. The predicted octanol–water partition coefficient (Wildman–Crippen LogP) is 4.03. The molecule has 3 aromatic rings. The minimum absolute atomic E-state index is 0.0319. The second-order valence-electron chi connectivity index (χ2n) is 9.50. The van der Waals surface area contributed by atoms with Crippen LogP contribution in [0.5, 0.6) is 5.75 Å². The Balaban J connectivity index is 1.33. The van der Waals surface area contributed by atoms with Gasteiger partial charge in [-0.2, -0.15) is 0 Å². The van der Waals surface area contributed by atoms with Gasteiger partial charge in [0.1, 0.15) is 17.6 Å². The van der Waals surface area contributed by atoms with Crippen molar-refractivity contribution in [2.45, 2.75) is 13.1 Å². The summed E-state index contributed by atoms with van der Waals surface area (Å²) in [6.45, 7) is 8.31. The Kier molecular flexibility index (Phi) is 5.90. The fraction of sp³-hybridized carbons (Fsp3) is 0.296. The second-order valence-corrected chi connectivity index (χ2v) is 9.50. The van der Waals surface area contributed by atoms with Gasteiger partial charge in [0.25, 0.3) is 5.91 Å². The predicted molar refractivity (Wildman–Crippen MR) is 137 cm³/mol. The molecule has 1 atom stereocenters. The summed E-state index contributed by atoms with van der Waals surface area (Å²) in [5, 5.41) is 4.38. The number of aromatic nitrogens is 2. The molecule has 35 heavy (non-hydrogen) atoms. The lowest BCUT2D eigenvalue weighted by Crippen LogP contribution is -2.49. The summed E-state index contributed by atoms with van der Waals surface area (Å²) >= 11 is 0. The number of aromatic amines is 1. The average molecular weight is 472 g/mol. The number of amides is 1. The summed E-state index contributed by atoms with van der Waals surface area (Å²) < 4.78 is 10.6. The lowest BCUT2D eigenvalue weighted by Gasteiger charge is -2.40. The summed E-state index contributed by atoms with van der Waals surface area (Å²) in [5.41, 5.74) is 4.71. The van der Waals surface area contributed by atoms with Gasteiger partial charge < -0.3 is 24.7 Å². The molecule has 0 radical (unpaired) electrons. The van der Waals surface area contributed by atoms with E-state index in [-0.39, 0.29) is 17.5 Å². The van der Waals surface area contributed by atoms with Crippen LogP contribution in [0.1, 0.15) is 23.1 Å². The molecule has 0 spiro atoms. The molecule has 8 nitrogen and oxygen atoms in total. The van der Waals surface area contributed by atoms with Crippen molar-refractivity contribution in [1.82, 2.24) is 14.9 Å². The molecule has 2 aliphatic rings. The maximum Gasteiger partial charge on any atom is 0.270 e. The van der Waals surface area contributed by atoms with Crippen LogP contribution >= 0.6 is 0 Å². The number of hydrogen-bond acceptors (Lipinski definition) is 6. The first-order chi connectivity index (χ1) is 16.8. The third-order valence-electron chi connectivity index (χ3n) is 6.33. The van der Waals surface area contributed by atoms with Crippen LogP contribution in [0.15, 0.2) is 71.9 Å². The third-order valence-corrected chi connectivity index (χ3v) is 6.33. The molecule has 4 heterocycles. The van der Waals surface area contributed by atoms with Gasteiger partial charge >= 0.3 is 0 Å². The highest BCUT2D eigenvalue weighted by atomic mass is 16.5. The van der Waals surface area contributed by atoms with Gasteiger partial charge in [-0.05, 0) is 42.0 Å². The monoisotopic (exact) mass is 471 g/mol.